The molecule has 0 saturated heterocycles. The van der Waals surface area contributed by atoms with Gasteiger partial charge < -0.3 is 15.0 Å². The Kier molecular flexibility index (Phi) is 4.33. The molecule has 4 nitrogen and oxygen atoms in total. The van der Waals surface area contributed by atoms with Gasteiger partial charge in [0.05, 0.1) is 0 Å². The number of aryl methyl sites for hydroxylation is 1. The number of aliphatic hydroxyl groups is 1. The largest absolute Gasteiger partial charge is 0.396 e. The third-order valence-corrected chi connectivity index (χ3v) is 2.97. The molecule has 2 rings (SSSR count). The fourth-order valence-corrected chi connectivity index (χ4v) is 2.06. The van der Waals surface area contributed by atoms with Gasteiger partial charge in [-0.2, -0.15) is 0 Å². The average Bonchev–Trinajstić information content (AvgIpc) is 2.72. The smallest absolute Gasteiger partial charge is 0.140 e. The Balaban J connectivity index is 2.28. The van der Waals surface area contributed by atoms with Crippen molar-refractivity contribution < 1.29 is 5.11 Å². The van der Waals surface area contributed by atoms with Gasteiger partial charge in [-0.05, 0) is 24.1 Å². The fourth-order valence-electron chi connectivity index (χ4n) is 2.06. The molecule has 98 valence electrons. The van der Waals surface area contributed by atoms with Crippen molar-refractivity contribution in [3.05, 3.63) is 30.1 Å². The van der Waals surface area contributed by atoms with E-state index in [9.17, 15) is 0 Å². The quantitative estimate of drug-likeness (QED) is 0.820. The molecular formula is C14H21N3O. The number of hydrogen-bond donors (Lipinski definition) is 2. The summed E-state index contributed by atoms with van der Waals surface area (Å²) >= 11 is 0. The van der Waals surface area contributed by atoms with Crippen LogP contribution in [0, 0.1) is 0 Å². The highest BCUT2D eigenvalue weighted by molar-refractivity contribution is 5.80. The molecule has 0 aromatic carbocycles. The van der Waals surface area contributed by atoms with Gasteiger partial charge in [-0.25, -0.2) is 4.98 Å². The van der Waals surface area contributed by atoms with Crippen LogP contribution in [0.4, 0.5) is 0 Å². The molecule has 4 heteroatoms. The summed E-state index contributed by atoms with van der Waals surface area (Å²) in [7, 11) is 0. The van der Waals surface area contributed by atoms with Crippen LogP contribution in [0.2, 0.25) is 0 Å². The molecule has 2 heterocycles. The minimum atomic E-state index is 0.214. The van der Waals surface area contributed by atoms with Crippen molar-refractivity contribution in [3.63, 3.8) is 0 Å². The van der Waals surface area contributed by atoms with Crippen LogP contribution in [0.5, 0.6) is 0 Å². The molecular weight excluding hydrogens is 226 g/mol. The van der Waals surface area contributed by atoms with Gasteiger partial charge in [-0.15, -0.1) is 0 Å². The number of fused-ring (bicyclic) bond motifs is 1. The number of aliphatic hydroxyl groups excluding tert-OH is 1. The normalized spacial score (nSPS) is 11.6. The number of aromatic nitrogens is 2. The van der Waals surface area contributed by atoms with Crippen LogP contribution in [0.3, 0.4) is 0 Å². The molecule has 0 aliphatic carbocycles. The monoisotopic (exact) mass is 247 g/mol. The van der Waals surface area contributed by atoms with Crippen LogP contribution in [-0.4, -0.2) is 27.3 Å². The molecule has 18 heavy (non-hydrogen) atoms. The summed E-state index contributed by atoms with van der Waals surface area (Å²) in [6.07, 6.45) is 4.72. The molecule has 0 aliphatic rings. The molecule has 0 unspecified atom stereocenters. The van der Waals surface area contributed by atoms with E-state index < -0.39 is 0 Å². The maximum atomic E-state index is 8.94. The first kappa shape index (κ1) is 13.1. The van der Waals surface area contributed by atoms with Crippen molar-refractivity contribution in [3.8, 4) is 0 Å². The summed E-state index contributed by atoms with van der Waals surface area (Å²) < 4.78 is 2.13. The van der Waals surface area contributed by atoms with Crippen LogP contribution in [0.1, 0.15) is 25.8 Å². The van der Waals surface area contributed by atoms with Gasteiger partial charge in [0.1, 0.15) is 5.65 Å². The summed E-state index contributed by atoms with van der Waals surface area (Å²) in [6, 6.07) is 4.55. The Morgan fingerprint density at radius 3 is 3.00 bits per heavy atom. The van der Waals surface area contributed by atoms with Crippen molar-refractivity contribution in [2.45, 2.75) is 39.4 Å². The standard InChI is InChI=1S/C14H21N3O/c1-11(2)16-9-12-10-17(7-4-8-18)14-13(12)5-3-6-15-14/h3,5-6,10-11,16,18H,4,7-9H2,1-2H3. The highest BCUT2D eigenvalue weighted by atomic mass is 16.3. The van der Waals surface area contributed by atoms with E-state index in [2.05, 4.69) is 41.0 Å². The molecule has 0 spiro atoms. The molecule has 0 aliphatic heterocycles. The van der Waals surface area contributed by atoms with Gasteiger partial charge in [0.15, 0.2) is 0 Å². The van der Waals surface area contributed by atoms with E-state index in [1.807, 2.05) is 12.3 Å². The lowest BCUT2D eigenvalue weighted by Crippen LogP contribution is -2.21. The zero-order valence-corrected chi connectivity index (χ0v) is 11.1. The predicted octanol–water partition coefficient (Wildman–Crippen LogP) is 1.92. The van der Waals surface area contributed by atoms with E-state index in [1.54, 1.807) is 0 Å². The van der Waals surface area contributed by atoms with Gasteiger partial charge in [-0.1, -0.05) is 13.8 Å². The topological polar surface area (TPSA) is 50.1 Å². The van der Waals surface area contributed by atoms with E-state index in [1.165, 1.54) is 10.9 Å². The second-order valence-electron chi connectivity index (χ2n) is 4.84. The molecule has 0 atom stereocenters. The Bertz CT molecular complexity index is 505. The Labute approximate surface area is 108 Å². The highest BCUT2D eigenvalue weighted by Gasteiger charge is 2.08. The zero-order chi connectivity index (χ0) is 13.0. The Morgan fingerprint density at radius 1 is 1.44 bits per heavy atom. The lowest BCUT2D eigenvalue weighted by molar-refractivity contribution is 0.280. The number of nitrogens with one attached hydrogen (secondary N) is 1. The van der Waals surface area contributed by atoms with Gasteiger partial charge >= 0.3 is 0 Å². The third kappa shape index (κ3) is 2.89. The molecule has 0 bridgehead atoms. The van der Waals surface area contributed by atoms with Crippen molar-refractivity contribution in [1.82, 2.24) is 14.9 Å². The summed E-state index contributed by atoms with van der Waals surface area (Å²) in [5.41, 5.74) is 2.27. The Morgan fingerprint density at radius 2 is 2.28 bits per heavy atom. The minimum Gasteiger partial charge on any atom is -0.396 e. The molecule has 0 radical (unpaired) electrons. The maximum Gasteiger partial charge on any atom is 0.140 e. The van der Waals surface area contributed by atoms with Gasteiger partial charge in [0.25, 0.3) is 0 Å². The fraction of sp³-hybridized carbons (Fsp3) is 0.500. The van der Waals surface area contributed by atoms with Crippen molar-refractivity contribution in [2.75, 3.05) is 6.61 Å². The second kappa shape index (κ2) is 5.98. The number of nitrogens with zero attached hydrogens (tertiary/aromatic N) is 2. The number of pyridine rings is 1. The first-order valence-corrected chi connectivity index (χ1v) is 6.49. The van der Waals surface area contributed by atoms with Crippen LogP contribution in [0.25, 0.3) is 11.0 Å². The van der Waals surface area contributed by atoms with Crippen molar-refractivity contribution >= 4 is 11.0 Å². The molecule has 0 amide bonds. The molecule has 2 N–H and O–H groups in total. The van der Waals surface area contributed by atoms with E-state index >= 15 is 0 Å². The van der Waals surface area contributed by atoms with E-state index in [0.29, 0.717) is 6.04 Å². The highest BCUT2D eigenvalue weighted by Crippen LogP contribution is 2.19. The van der Waals surface area contributed by atoms with E-state index in [-0.39, 0.29) is 6.61 Å². The van der Waals surface area contributed by atoms with E-state index in [4.69, 9.17) is 5.11 Å². The van der Waals surface area contributed by atoms with Crippen molar-refractivity contribution in [1.29, 1.82) is 0 Å². The lowest BCUT2D eigenvalue weighted by atomic mass is 10.2. The number of rotatable bonds is 6. The van der Waals surface area contributed by atoms with Crippen molar-refractivity contribution in [2.24, 2.45) is 0 Å². The summed E-state index contributed by atoms with van der Waals surface area (Å²) in [6.45, 7) is 6.16. The van der Waals surface area contributed by atoms with Gasteiger partial charge in [-0.3, -0.25) is 0 Å². The molecule has 2 aromatic rings. The minimum absolute atomic E-state index is 0.214. The van der Waals surface area contributed by atoms with Gasteiger partial charge in [0.2, 0.25) is 0 Å². The van der Waals surface area contributed by atoms with Gasteiger partial charge in [0, 0.05) is 43.5 Å². The predicted molar refractivity (Wildman–Crippen MR) is 73.4 cm³/mol. The Hall–Kier alpha value is -1.39. The zero-order valence-electron chi connectivity index (χ0n) is 11.1. The molecule has 2 aromatic heterocycles. The first-order valence-electron chi connectivity index (χ1n) is 6.49. The number of hydrogen-bond acceptors (Lipinski definition) is 3. The van der Waals surface area contributed by atoms with Crippen LogP contribution in [-0.2, 0) is 13.1 Å². The molecule has 0 saturated carbocycles. The summed E-state index contributed by atoms with van der Waals surface area (Å²) in [5, 5.41) is 13.6. The first-order chi connectivity index (χ1) is 8.72. The SMILES string of the molecule is CC(C)NCc1cn(CCCO)c2ncccc12. The second-order valence-corrected chi connectivity index (χ2v) is 4.84. The maximum absolute atomic E-state index is 8.94. The molecule has 0 fully saturated rings. The van der Waals surface area contributed by atoms with E-state index in [0.717, 1.165) is 25.2 Å². The summed E-state index contributed by atoms with van der Waals surface area (Å²) in [4.78, 5) is 4.44. The summed E-state index contributed by atoms with van der Waals surface area (Å²) in [5.74, 6) is 0. The lowest BCUT2D eigenvalue weighted by Gasteiger charge is -2.06. The van der Waals surface area contributed by atoms with Crippen LogP contribution in [0.15, 0.2) is 24.5 Å². The van der Waals surface area contributed by atoms with Crippen LogP contribution >= 0.6 is 0 Å². The third-order valence-electron chi connectivity index (χ3n) is 2.97. The van der Waals surface area contributed by atoms with Crippen LogP contribution < -0.4 is 5.32 Å². The average molecular weight is 247 g/mol.